The number of phosphoric acid groups is 1. The van der Waals surface area contributed by atoms with Crippen molar-refractivity contribution in [2.75, 3.05) is 12.3 Å². The number of anilines is 1. The standard InChI is InChI=1S/C11H14N5O6P/c1-5-2-7(22-6(5)3-21-23(18,19)20)16-4-13-8-9(16)14-11(12)15-10(8)17/h4,6-7H,1-3H2,(H2,18,19,20)(H3,12,14,15,17)/t6-,7-/m1/s1. The van der Waals surface area contributed by atoms with E-state index in [0.29, 0.717) is 12.0 Å². The molecule has 1 aliphatic heterocycles. The van der Waals surface area contributed by atoms with Crippen LogP contribution in [0.15, 0.2) is 23.3 Å². The summed E-state index contributed by atoms with van der Waals surface area (Å²) >= 11 is 0. The van der Waals surface area contributed by atoms with E-state index in [-0.39, 0.29) is 23.7 Å². The largest absolute Gasteiger partial charge is 0.469 e. The predicted molar refractivity (Wildman–Crippen MR) is 78.2 cm³/mol. The minimum Gasteiger partial charge on any atom is -0.369 e. The molecule has 0 aliphatic carbocycles. The van der Waals surface area contributed by atoms with Crippen LogP contribution < -0.4 is 11.3 Å². The summed E-state index contributed by atoms with van der Waals surface area (Å²) in [6.45, 7) is 3.48. The number of nitrogen functional groups attached to an aromatic ring is 1. The first kappa shape index (κ1) is 15.8. The Balaban J connectivity index is 1.85. The number of hydrogen-bond donors (Lipinski definition) is 4. The van der Waals surface area contributed by atoms with Crippen LogP contribution in [0.4, 0.5) is 5.95 Å². The highest BCUT2D eigenvalue weighted by molar-refractivity contribution is 7.46. The second-order valence-electron chi connectivity index (χ2n) is 5.00. The molecule has 124 valence electrons. The molecule has 1 saturated heterocycles. The molecule has 0 amide bonds. The van der Waals surface area contributed by atoms with E-state index in [1.165, 1.54) is 10.9 Å². The number of aromatic amines is 1. The summed E-state index contributed by atoms with van der Waals surface area (Å²) in [6, 6.07) is 0. The zero-order valence-electron chi connectivity index (χ0n) is 11.7. The third kappa shape index (κ3) is 3.19. The highest BCUT2D eigenvalue weighted by Crippen LogP contribution is 2.39. The van der Waals surface area contributed by atoms with Crippen LogP contribution in [0.2, 0.25) is 0 Å². The SMILES string of the molecule is C=C1C[C@H](n2cnc3c(=O)[nH]c(N)nc32)O[C@@H]1COP(=O)(O)O. The summed E-state index contributed by atoms with van der Waals surface area (Å²) in [5, 5.41) is 0. The van der Waals surface area contributed by atoms with Crippen molar-refractivity contribution in [1.29, 1.82) is 0 Å². The van der Waals surface area contributed by atoms with Crippen molar-refractivity contribution in [3.05, 3.63) is 28.8 Å². The van der Waals surface area contributed by atoms with E-state index in [4.69, 9.17) is 20.3 Å². The van der Waals surface area contributed by atoms with Gasteiger partial charge in [0, 0.05) is 6.42 Å². The molecular weight excluding hydrogens is 329 g/mol. The zero-order chi connectivity index (χ0) is 16.8. The molecule has 1 aliphatic rings. The van der Waals surface area contributed by atoms with Crippen LogP contribution in [0.1, 0.15) is 12.6 Å². The molecule has 0 saturated carbocycles. The number of ether oxygens (including phenoxy) is 1. The van der Waals surface area contributed by atoms with Gasteiger partial charge in [-0.2, -0.15) is 4.98 Å². The van der Waals surface area contributed by atoms with Crippen molar-refractivity contribution in [3.8, 4) is 0 Å². The van der Waals surface area contributed by atoms with E-state index in [0.717, 1.165) is 0 Å². The topological polar surface area (TPSA) is 166 Å². The minimum atomic E-state index is -4.59. The van der Waals surface area contributed by atoms with Crippen molar-refractivity contribution >= 4 is 24.9 Å². The molecule has 1 fully saturated rings. The molecular formula is C11H14N5O6P. The number of nitrogens with one attached hydrogen (secondary N) is 1. The number of nitrogens with two attached hydrogens (primary N) is 1. The molecule has 0 radical (unpaired) electrons. The summed E-state index contributed by atoms with van der Waals surface area (Å²) in [4.78, 5) is 39.6. The van der Waals surface area contributed by atoms with Crippen LogP contribution in [0.3, 0.4) is 0 Å². The predicted octanol–water partition coefficient (Wildman–Crippen LogP) is -0.345. The molecule has 2 aromatic rings. The summed E-state index contributed by atoms with van der Waals surface area (Å²) in [5.41, 5.74) is 6.03. The Labute approximate surface area is 129 Å². The quantitative estimate of drug-likeness (QED) is 0.429. The number of rotatable bonds is 4. The molecule has 3 rings (SSSR count). The fraction of sp³-hybridized carbons (Fsp3) is 0.364. The molecule has 5 N–H and O–H groups in total. The summed E-state index contributed by atoms with van der Waals surface area (Å²) in [5.74, 6) is -0.0533. The van der Waals surface area contributed by atoms with Crippen LogP contribution >= 0.6 is 7.82 Å². The van der Waals surface area contributed by atoms with Crippen LogP contribution in [-0.2, 0) is 13.8 Å². The maximum atomic E-state index is 11.8. The lowest BCUT2D eigenvalue weighted by molar-refractivity contribution is -0.0145. The molecule has 0 bridgehead atoms. The van der Waals surface area contributed by atoms with E-state index in [2.05, 4.69) is 26.1 Å². The number of imidazole rings is 1. The van der Waals surface area contributed by atoms with Crippen molar-refractivity contribution < 1.29 is 23.6 Å². The maximum Gasteiger partial charge on any atom is 0.469 e. The number of nitrogens with zero attached hydrogens (tertiary/aromatic N) is 3. The van der Waals surface area contributed by atoms with Gasteiger partial charge in [-0.3, -0.25) is 18.9 Å². The third-order valence-corrected chi connectivity index (χ3v) is 3.85. The van der Waals surface area contributed by atoms with Gasteiger partial charge in [-0.15, -0.1) is 0 Å². The molecule has 0 unspecified atom stereocenters. The van der Waals surface area contributed by atoms with Gasteiger partial charge in [-0.25, -0.2) is 9.55 Å². The smallest absolute Gasteiger partial charge is 0.369 e. The second-order valence-corrected chi connectivity index (χ2v) is 6.24. The number of phosphoric ester groups is 1. The molecule has 2 atom stereocenters. The number of H-pyrrole nitrogens is 1. The minimum absolute atomic E-state index is 0.0533. The van der Waals surface area contributed by atoms with Crippen LogP contribution in [-0.4, -0.2) is 42.0 Å². The van der Waals surface area contributed by atoms with E-state index < -0.39 is 25.7 Å². The first-order chi connectivity index (χ1) is 10.7. The highest BCUT2D eigenvalue weighted by atomic mass is 31.2. The summed E-state index contributed by atoms with van der Waals surface area (Å²) in [6.07, 6.45) is 0.474. The lowest BCUT2D eigenvalue weighted by Gasteiger charge is -2.15. The van der Waals surface area contributed by atoms with E-state index in [9.17, 15) is 9.36 Å². The average Bonchev–Trinajstić information content (AvgIpc) is 2.99. The van der Waals surface area contributed by atoms with Crippen molar-refractivity contribution in [3.63, 3.8) is 0 Å². The van der Waals surface area contributed by atoms with E-state index in [1.54, 1.807) is 0 Å². The lowest BCUT2D eigenvalue weighted by atomic mass is 10.1. The van der Waals surface area contributed by atoms with Crippen molar-refractivity contribution in [2.45, 2.75) is 18.8 Å². The molecule has 12 heteroatoms. The summed E-state index contributed by atoms with van der Waals surface area (Å²) < 4.78 is 22.4. The molecule has 3 heterocycles. The van der Waals surface area contributed by atoms with Crippen molar-refractivity contribution in [2.24, 2.45) is 0 Å². The first-order valence-electron chi connectivity index (χ1n) is 6.50. The molecule has 0 aromatic carbocycles. The Hall–Kier alpha value is -2.04. The molecule has 11 nitrogen and oxygen atoms in total. The first-order valence-corrected chi connectivity index (χ1v) is 8.03. The number of hydrogen-bond acceptors (Lipinski definition) is 7. The maximum absolute atomic E-state index is 11.8. The van der Waals surface area contributed by atoms with Gasteiger partial charge in [0.2, 0.25) is 5.95 Å². The number of fused-ring (bicyclic) bond motifs is 1. The van der Waals surface area contributed by atoms with E-state index >= 15 is 0 Å². The van der Waals surface area contributed by atoms with Crippen LogP contribution in [0.5, 0.6) is 0 Å². The monoisotopic (exact) mass is 343 g/mol. The lowest BCUT2D eigenvalue weighted by Crippen LogP contribution is -2.17. The normalized spacial score (nSPS) is 22.1. The van der Waals surface area contributed by atoms with E-state index in [1.807, 2.05) is 0 Å². The Morgan fingerprint density at radius 1 is 1.61 bits per heavy atom. The molecule has 23 heavy (non-hydrogen) atoms. The number of aromatic nitrogens is 4. The van der Waals surface area contributed by atoms with Crippen LogP contribution in [0, 0.1) is 0 Å². The van der Waals surface area contributed by atoms with Gasteiger partial charge in [-0.1, -0.05) is 6.58 Å². The zero-order valence-corrected chi connectivity index (χ0v) is 12.6. The average molecular weight is 343 g/mol. The Morgan fingerprint density at radius 3 is 3.04 bits per heavy atom. The van der Waals surface area contributed by atoms with Gasteiger partial charge in [-0.05, 0) is 5.57 Å². The fourth-order valence-electron chi connectivity index (χ4n) is 2.33. The molecule has 0 spiro atoms. The Morgan fingerprint density at radius 2 is 2.35 bits per heavy atom. The van der Waals surface area contributed by atoms with Gasteiger partial charge in [0.25, 0.3) is 5.56 Å². The second kappa shape index (κ2) is 5.55. The van der Waals surface area contributed by atoms with Crippen LogP contribution in [0.25, 0.3) is 11.2 Å². The van der Waals surface area contributed by atoms with Gasteiger partial charge in [0.1, 0.15) is 12.3 Å². The highest BCUT2D eigenvalue weighted by Gasteiger charge is 2.33. The van der Waals surface area contributed by atoms with Gasteiger partial charge < -0.3 is 20.3 Å². The fourth-order valence-corrected chi connectivity index (χ4v) is 2.66. The van der Waals surface area contributed by atoms with Gasteiger partial charge in [0.15, 0.2) is 11.2 Å². The van der Waals surface area contributed by atoms with Gasteiger partial charge >= 0.3 is 7.82 Å². The Kier molecular flexibility index (Phi) is 3.82. The van der Waals surface area contributed by atoms with Crippen molar-refractivity contribution in [1.82, 2.24) is 19.5 Å². The summed E-state index contributed by atoms with van der Waals surface area (Å²) in [7, 11) is -4.59. The molecule has 2 aromatic heterocycles. The third-order valence-electron chi connectivity index (χ3n) is 3.37. The van der Waals surface area contributed by atoms with Gasteiger partial charge in [0.05, 0.1) is 12.9 Å². The Bertz CT molecular complexity index is 869.